The minimum Gasteiger partial charge on any atom is -0.378 e. The van der Waals surface area contributed by atoms with Crippen molar-refractivity contribution in [3.63, 3.8) is 0 Å². The molecule has 4 heterocycles. The van der Waals surface area contributed by atoms with Crippen molar-refractivity contribution in [3.8, 4) is 0 Å². The Bertz CT molecular complexity index is 842. The second-order valence-electron chi connectivity index (χ2n) is 7.01. The molecule has 0 atom stereocenters. The summed E-state index contributed by atoms with van der Waals surface area (Å²) in [5.74, 6) is 1.55. The third-order valence-electron chi connectivity index (χ3n) is 5.03. The molecule has 2 aliphatic heterocycles. The average Bonchev–Trinajstić information content (AvgIpc) is 3.27. The van der Waals surface area contributed by atoms with Gasteiger partial charge in [-0.2, -0.15) is 0 Å². The number of rotatable bonds is 6. The van der Waals surface area contributed by atoms with Gasteiger partial charge in [-0.25, -0.2) is 0 Å². The predicted octanol–water partition coefficient (Wildman–Crippen LogP) is 2.44. The highest BCUT2D eigenvalue weighted by Gasteiger charge is 2.20. The van der Waals surface area contributed by atoms with Crippen LogP contribution in [0.1, 0.15) is 39.6 Å². The van der Waals surface area contributed by atoms with Crippen molar-refractivity contribution < 1.29 is 14.3 Å². The van der Waals surface area contributed by atoms with Gasteiger partial charge in [0.2, 0.25) is 5.91 Å². The highest BCUT2D eigenvalue weighted by atomic mass is 32.2. The maximum absolute atomic E-state index is 12.6. The lowest BCUT2D eigenvalue weighted by Crippen LogP contribution is -2.41. The topological polar surface area (TPSA) is 77.3 Å². The van der Waals surface area contributed by atoms with Gasteiger partial charge < -0.3 is 14.2 Å². The molecular weight excluding hydrogens is 396 g/mol. The summed E-state index contributed by atoms with van der Waals surface area (Å²) in [7, 11) is 0. The summed E-state index contributed by atoms with van der Waals surface area (Å²) in [6.45, 7) is 3.43. The number of aromatic nitrogens is 3. The van der Waals surface area contributed by atoms with Crippen molar-refractivity contribution in [1.29, 1.82) is 0 Å². The number of morpholine rings is 1. The van der Waals surface area contributed by atoms with Gasteiger partial charge in [0.05, 0.1) is 30.3 Å². The first-order chi connectivity index (χ1) is 13.7. The van der Waals surface area contributed by atoms with E-state index in [1.165, 1.54) is 29.5 Å². The van der Waals surface area contributed by atoms with E-state index in [0.29, 0.717) is 43.4 Å². The molecule has 1 amide bonds. The third kappa shape index (κ3) is 4.64. The van der Waals surface area contributed by atoms with Crippen LogP contribution in [0.25, 0.3) is 0 Å². The number of carbonyl (C=O) groups excluding carboxylic acids is 2. The predicted molar refractivity (Wildman–Crippen MR) is 108 cm³/mol. The minimum atomic E-state index is 0.0750. The Hall–Kier alpha value is -1.71. The highest BCUT2D eigenvalue weighted by molar-refractivity contribution is 7.99. The van der Waals surface area contributed by atoms with Crippen LogP contribution < -0.4 is 0 Å². The molecule has 2 aromatic rings. The molecule has 1 saturated heterocycles. The molecule has 0 aliphatic carbocycles. The van der Waals surface area contributed by atoms with Crippen LogP contribution >= 0.6 is 23.1 Å². The Balaban J connectivity index is 1.32. The van der Waals surface area contributed by atoms with Crippen LogP contribution in [-0.4, -0.2) is 63.4 Å². The van der Waals surface area contributed by atoms with Crippen LogP contribution in [0.4, 0.5) is 0 Å². The molecule has 2 aliphatic rings. The van der Waals surface area contributed by atoms with E-state index in [2.05, 4.69) is 14.8 Å². The monoisotopic (exact) mass is 420 g/mol. The molecule has 0 bridgehead atoms. The number of hydrogen-bond acceptors (Lipinski definition) is 7. The van der Waals surface area contributed by atoms with E-state index in [-0.39, 0.29) is 11.7 Å². The molecule has 2 aromatic heterocycles. The number of carbonyl (C=O) groups is 2. The SMILES string of the molecule is O=C(CSc1nnc2n1CCCCC2)c1ccc(CC(=O)N2CCOCC2)s1. The molecular formula is C19H24N4O3S2. The van der Waals surface area contributed by atoms with Crippen molar-refractivity contribution in [2.45, 2.75) is 43.8 Å². The van der Waals surface area contributed by atoms with Gasteiger partial charge in [-0.1, -0.05) is 18.2 Å². The molecule has 1 fully saturated rings. The fourth-order valence-corrected chi connectivity index (χ4v) is 5.36. The van der Waals surface area contributed by atoms with E-state index >= 15 is 0 Å². The summed E-state index contributed by atoms with van der Waals surface area (Å²) < 4.78 is 7.44. The Morgan fingerprint density at radius 2 is 1.96 bits per heavy atom. The van der Waals surface area contributed by atoms with Gasteiger partial charge in [0.1, 0.15) is 5.82 Å². The van der Waals surface area contributed by atoms with Crippen LogP contribution in [-0.2, 0) is 28.9 Å². The number of thioether (sulfide) groups is 1. The minimum absolute atomic E-state index is 0.0750. The number of ketones is 1. The first kappa shape index (κ1) is 19.6. The first-order valence-electron chi connectivity index (χ1n) is 9.73. The number of thiophene rings is 1. The van der Waals surface area contributed by atoms with Crippen LogP contribution in [0.5, 0.6) is 0 Å². The number of Topliss-reactive ketones (excluding diaryl/α,β-unsaturated/α-hetero) is 1. The number of fused-ring (bicyclic) bond motifs is 1. The number of ether oxygens (including phenoxy) is 1. The quantitative estimate of drug-likeness (QED) is 0.528. The molecule has 0 aromatic carbocycles. The van der Waals surface area contributed by atoms with Gasteiger partial charge in [-0.3, -0.25) is 9.59 Å². The maximum atomic E-state index is 12.6. The van der Waals surface area contributed by atoms with Crippen molar-refractivity contribution in [2.24, 2.45) is 0 Å². The zero-order valence-electron chi connectivity index (χ0n) is 15.8. The van der Waals surface area contributed by atoms with Crippen molar-refractivity contribution in [1.82, 2.24) is 19.7 Å². The summed E-state index contributed by atoms with van der Waals surface area (Å²) in [6.07, 6.45) is 4.82. The van der Waals surface area contributed by atoms with Gasteiger partial charge in [-0.05, 0) is 25.0 Å². The van der Waals surface area contributed by atoms with Gasteiger partial charge in [-0.15, -0.1) is 21.5 Å². The molecule has 7 nitrogen and oxygen atoms in total. The van der Waals surface area contributed by atoms with Gasteiger partial charge in [0, 0.05) is 30.9 Å². The van der Waals surface area contributed by atoms with E-state index in [4.69, 9.17) is 4.74 Å². The normalized spacial score (nSPS) is 17.2. The van der Waals surface area contributed by atoms with E-state index in [0.717, 1.165) is 41.7 Å². The average molecular weight is 421 g/mol. The second-order valence-corrected chi connectivity index (χ2v) is 9.12. The lowest BCUT2D eigenvalue weighted by Gasteiger charge is -2.26. The Morgan fingerprint density at radius 3 is 2.82 bits per heavy atom. The Kier molecular flexibility index (Phi) is 6.43. The Labute approximate surface area is 172 Å². The zero-order valence-corrected chi connectivity index (χ0v) is 17.4. The van der Waals surface area contributed by atoms with E-state index in [9.17, 15) is 9.59 Å². The number of amides is 1. The fourth-order valence-electron chi connectivity index (χ4n) is 3.46. The number of hydrogen-bond donors (Lipinski definition) is 0. The molecule has 0 saturated carbocycles. The molecule has 0 unspecified atom stereocenters. The number of nitrogens with zero attached hydrogens (tertiary/aromatic N) is 4. The molecule has 9 heteroatoms. The summed E-state index contributed by atoms with van der Waals surface area (Å²) in [4.78, 5) is 28.4. The Morgan fingerprint density at radius 1 is 1.11 bits per heavy atom. The largest absolute Gasteiger partial charge is 0.378 e. The van der Waals surface area contributed by atoms with Crippen LogP contribution in [0.2, 0.25) is 0 Å². The van der Waals surface area contributed by atoms with Gasteiger partial charge >= 0.3 is 0 Å². The lowest BCUT2D eigenvalue weighted by atomic mass is 10.2. The molecule has 4 rings (SSSR count). The molecule has 28 heavy (non-hydrogen) atoms. The summed E-state index contributed by atoms with van der Waals surface area (Å²) in [6, 6.07) is 3.73. The van der Waals surface area contributed by atoms with E-state index in [1.54, 1.807) is 0 Å². The highest BCUT2D eigenvalue weighted by Crippen LogP contribution is 2.25. The van der Waals surface area contributed by atoms with Gasteiger partial charge in [0.25, 0.3) is 0 Å². The summed E-state index contributed by atoms with van der Waals surface area (Å²) in [5.41, 5.74) is 0. The molecule has 0 N–H and O–H groups in total. The van der Waals surface area contributed by atoms with Gasteiger partial charge in [0.15, 0.2) is 10.9 Å². The zero-order chi connectivity index (χ0) is 19.3. The fraction of sp³-hybridized carbons (Fsp3) is 0.579. The van der Waals surface area contributed by atoms with Crippen LogP contribution in [0.3, 0.4) is 0 Å². The molecule has 150 valence electrons. The standard InChI is InChI=1S/C19H24N4O3S2/c24-15(13-27-19-21-20-17-4-2-1-3-7-23(17)19)16-6-5-14(28-16)12-18(25)22-8-10-26-11-9-22/h5-6H,1-4,7-13H2. The second kappa shape index (κ2) is 9.19. The van der Waals surface area contributed by atoms with Crippen molar-refractivity contribution in [2.75, 3.05) is 32.1 Å². The summed E-state index contributed by atoms with van der Waals surface area (Å²) >= 11 is 2.88. The molecule has 0 radical (unpaired) electrons. The van der Waals surface area contributed by atoms with Crippen LogP contribution in [0, 0.1) is 0 Å². The third-order valence-corrected chi connectivity index (χ3v) is 7.13. The molecule has 0 spiro atoms. The van der Waals surface area contributed by atoms with Crippen molar-refractivity contribution >= 4 is 34.8 Å². The van der Waals surface area contributed by atoms with E-state index < -0.39 is 0 Å². The van der Waals surface area contributed by atoms with Crippen molar-refractivity contribution in [3.05, 3.63) is 27.7 Å². The first-order valence-corrected chi connectivity index (χ1v) is 11.5. The number of aryl methyl sites for hydroxylation is 1. The maximum Gasteiger partial charge on any atom is 0.227 e. The lowest BCUT2D eigenvalue weighted by molar-refractivity contribution is -0.134. The van der Waals surface area contributed by atoms with Crippen LogP contribution in [0.15, 0.2) is 17.3 Å². The summed E-state index contributed by atoms with van der Waals surface area (Å²) in [5, 5.41) is 9.39. The van der Waals surface area contributed by atoms with E-state index in [1.807, 2.05) is 17.0 Å². The smallest absolute Gasteiger partial charge is 0.227 e.